The van der Waals surface area contributed by atoms with Gasteiger partial charge in [0.05, 0.1) is 29.2 Å². The average molecular weight is 490 g/mol. The molecule has 1 N–H and O–H groups in total. The van der Waals surface area contributed by atoms with Gasteiger partial charge in [0.15, 0.2) is 0 Å². The molecule has 188 valence electrons. The minimum Gasteiger partial charge on any atom is -0.394 e. The lowest BCUT2D eigenvalue weighted by Gasteiger charge is -2.39. The minimum absolute atomic E-state index is 0.0122. The van der Waals surface area contributed by atoms with Crippen LogP contribution in [0.25, 0.3) is 0 Å². The summed E-state index contributed by atoms with van der Waals surface area (Å²) in [6.45, 7) is 10.3. The predicted molar refractivity (Wildman–Crippen MR) is 134 cm³/mol. The summed E-state index contributed by atoms with van der Waals surface area (Å²) in [7, 11) is 0. The SMILES string of the molecule is CCCCN1CC=C[C@]23S[C@@H]4C=CCN(CCC)C(=O)[C@@H]4[C@H]2C(=O)N([C@@H](CO)C(C)C)C3C1=O. The van der Waals surface area contributed by atoms with Crippen LogP contribution in [0.1, 0.15) is 47.0 Å². The molecule has 8 heteroatoms. The number of carbonyl (C=O) groups excluding carboxylic acids is 3. The predicted octanol–water partition coefficient (Wildman–Crippen LogP) is 2.31. The van der Waals surface area contributed by atoms with Crippen molar-refractivity contribution >= 4 is 29.5 Å². The number of likely N-dealkylation sites (tertiary alicyclic amines) is 1. The van der Waals surface area contributed by atoms with Gasteiger partial charge in [-0.1, -0.05) is 58.4 Å². The van der Waals surface area contributed by atoms with E-state index in [4.69, 9.17) is 0 Å². The summed E-state index contributed by atoms with van der Waals surface area (Å²) in [5.41, 5.74) is 0. The van der Waals surface area contributed by atoms with E-state index >= 15 is 0 Å². The largest absolute Gasteiger partial charge is 0.394 e. The molecule has 0 radical (unpaired) electrons. The van der Waals surface area contributed by atoms with Crippen LogP contribution in [0.2, 0.25) is 0 Å². The smallest absolute Gasteiger partial charge is 0.247 e. The van der Waals surface area contributed by atoms with E-state index in [2.05, 4.69) is 26.0 Å². The minimum atomic E-state index is -0.804. The number of fused-ring (bicyclic) bond motifs is 2. The van der Waals surface area contributed by atoms with Crippen molar-refractivity contribution in [3.05, 3.63) is 24.3 Å². The Bertz CT molecular complexity index is 874. The molecule has 7 nitrogen and oxygen atoms in total. The second-order valence-corrected chi connectivity index (χ2v) is 11.8. The molecule has 0 bridgehead atoms. The second kappa shape index (κ2) is 10.1. The van der Waals surface area contributed by atoms with E-state index in [1.165, 1.54) is 0 Å². The molecule has 0 aromatic heterocycles. The zero-order valence-corrected chi connectivity index (χ0v) is 21.7. The fourth-order valence-corrected chi connectivity index (χ4v) is 8.17. The van der Waals surface area contributed by atoms with Gasteiger partial charge in [0.25, 0.3) is 0 Å². The molecule has 6 atom stereocenters. The van der Waals surface area contributed by atoms with Crippen LogP contribution in [-0.4, -0.2) is 92.4 Å². The third kappa shape index (κ3) is 3.91. The summed E-state index contributed by atoms with van der Waals surface area (Å²) >= 11 is 1.61. The van der Waals surface area contributed by atoms with Crippen LogP contribution in [0, 0.1) is 17.8 Å². The van der Waals surface area contributed by atoms with Crippen LogP contribution in [0.15, 0.2) is 24.3 Å². The number of hydrogen-bond acceptors (Lipinski definition) is 5. The number of amides is 3. The lowest BCUT2D eigenvalue weighted by molar-refractivity contribution is -0.147. The molecule has 3 amide bonds. The first-order chi connectivity index (χ1) is 16.3. The average Bonchev–Trinajstić information content (AvgIpc) is 3.12. The Kier molecular flexibility index (Phi) is 7.48. The number of aliphatic hydroxyl groups excluding tert-OH is 1. The molecule has 4 aliphatic heterocycles. The number of aliphatic hydroxyl groups is 1. The van der Waals surface area contributed by atoms with Gasteiger partial charge in [-0.3, -0.25) is 14.4 Å². The van der Waals surface area contributed by atoms with Crippen molar-refractivity contribution in [2.75, 3.05) is 32.8 Å². The molecule has 2 saturated heterocycles. The Labute approximate surface area is 207 Å². The number of unbranched alkanes of at least 4 members (excludes halogenated alkanes) is 1. The first-order valence-corrected chi connectivity index (χ1v) is 13.7. The summed E-state index contributed by atoms with van der Waals surface area (Å²) in [6, 6.07) is -1.18. The van der Waals surface area contributed by atoms with Crippen LogP contribution in [0.4, 0.5) is 0 Å². The Balaban J connectivity index is 1.83. The number of nitrogens with zero attached hydrogens (tertiary/aromatic N) is 3. The summed E-state index contributed by atoms with van der Waals surface area (Å²) in [6.07, 6.45) is 10.9. The van der Waals surface area contributed by atoms with Crippen molar-refractivity contribution in [3.63, 3.8) is 0 Å². The van der Waals surface area contributed by atoms with Gasteiger partial charge in [0.1, 0.15) is 6.04 Å². The highest BCUT2D eigenvalue weighted by atomic mass is 32.2. The second-order valence-electron chi connectivity index (χ2n) is 10.3. The van der Waals surface area contributed by atoms with E-state index in [1.54, 1.807) is 16.7 Å². The lowest BCUT2D eigenvalue weighted by Crippen LogP contribution is -2.57. The Morgan fingerprint density at radius 2 is 1.74 bits per heavy atom. The van der Waals surface area contributed by atoms with Crippen LogP contribution in [-0.2, 0) is 14.4 Å². The fraction of sp³-hybridized carbons (Fsp3) is 0.731. The van der Waals surface area contributed by atoms with Crippen molar-refractivity contribution in [1.29, 1.82) is 0 Å². The third-order valence-electron chi connectivity index (χ3n) is 7.85. The molecule has 4 rings (SSSR count). The maximum absolute atomic E-state index is 14.2. The molecular weight excluding hydrogens is 450 g/mol. The van der Waals surface area contributed by atoms with Gasteiger partial charge in [-0.15, -0.1) is 11.8 Å². The van der Waals surface area contributed by atoms with Crippen molar-refractivity contribution in [1.82, 2.24) is 14.7 Å². The quantitative estimate of drug-likeness (QED) is 0.529. The molecule has 1 spiro atoms. The molecule has 34 heavy (non-hydrogen) atoms. The first kappa shape index (κ1) is 25.3. The van der Waals surface area contributed by atoms with Gasteiger partial charge in [0.2, 0.25) is 17.7 Å². The molecular formula is C26H39N3O4S. The fourth-order valence-electron chi connectivity index (χ4n) is 6.17. The maximum atomic E-state index is 14.2. The van der Waals surface area contributed by atoms with Crippen LogP contribution in [0.3, 0.4) is 0 Å². The van der Waals surface area contributed by atoms with E-state index in [-0.39, 0.29) is 35.5 Å². The lowest BCUT2D eigenvalue weighted by atomic mass is 9.78. The van der Waals surface area contributed by atoms with E-state index < -0.39 is 28.7 Å². The van der Waals surface area contributed by atoms with Gasteiger partial charge in [0, 0.05) is 31.4 Å². The summed E-state index contributed by atoms with van der Waals surface area (Å²) in [5, 5.41) is 10.2. The molecule has 1 unspecified atom stereocenters. The first-order valence-electron chi connectivity index (χ1n) is 12.8. The summed E-state index contributed by atoms with van der Waals surface area (Å²) in [4.78, 5) is 47.4. The van der Waals surface area contributed by atoms with Gasteiger partial charge in [-0.2, -0.15) is 0 Å². The van der Waals surface area contributed by atoms with Crippen molar-refractivity contribution in [3.8, 4) is 0 Å². The molecule has 4 aliphatic rings. The molecule has 0 saturated carbocycles. The zero-order chi connectivity index (χ0) is 24.6. The molecule has 2 fully saturated rings. The van der Waals surface area contributed by atoms with Gasteiger partial charge >= 0.3 is 0 Å². The molecule has 0 aromatic rings. The van der Waals surface area contributed by atoms with Gasteiger partial charge in [-0.25, -0.2) is 0 Å². The van der Waals surface area contributed by atoms with Crippen molar-refractivity contribution in [2.24, 2.45) is 17.8 Å². The van der Waals surface area contributed by atoms with E-state index in [0.29, 0.717) is 26.2 Å². The summed E-state index contributed by atoms with van der Waals surface area (Å²) in [5.74, 6) is -1.33. The Morgan fingerprint density at radius 1 is 1.03 bits per heavy atom. The van der Waals surface area contributed by atoms with Crippen molar-refractivity contribution < 1.29 is 19.5 Å². The number of rotatable bonds is 8. The van der Waals surface area contributed by atoms with Crippen LogP contribution in [0.5, 0.6) is 0 Å². The van der Waals surface area contributed by atoms with Crippen LogP contribution < -0.4 is 0 Å². The standard InChI is InChI=1S/C26H39N3O4S/c1-5-7-13-28-15-9-11-26-21(20-19(34-26)10-8-14-27(12-6-2)23(20)31)24(32)29(22(26)25(28)33)18(16-30)17(3)4/h8-11,17-22,30H,5-7,12-16H2,1-4H3/t18-,19+,20-,21-,22?,26-/m0/s1. The number of hydrogen-bond donors (Lipinski definition) is 1. The highest BCUT2D eigenvalue weighted by Crippen LogP contribution is 2.61. The van der Waals surface area contributed by atoms with E-state index in [9.17, 15) is 19.5 Å². The maximum Gasteiger partial charge on any atom is 0.247 e. The number of carbonyl (C=O) groups is 3. The van der Waals surface area contributed by atoms with Gasteiger partial charge < -0.3 is 19.8 Å². The highest BCUT2D eigenvalue weighted by Gasteiger charge is 2.71. The van der Waals surface area contributed by atoms with E-state index in [0.717, 1.165) is 19.3 Å². The monoisotopic (exact) mass is 489 g/mol. The highest BCUT2D eigenvalue weighted by molar-refractivity contribution is 8.02. The Morgan fingerprint density at radius 3 is 2.38 bits per heavy atom. The number of thioether (sulfide) groups is 1. The molecule has 4 heterocycles. The van der Waals surface area contributed by atoms with Gasteiger partial charge in [-0.05, 0) is 18.8 Å². The third-order valence-corrected chi connectivity index (χ3v) is 9.60. The Hall–Kier alpha value is -1.80. The topological polar surface area (TPSA) is 81.2 Å². The van der Waals surface area contributed by atoms with Crippen molar-refractivity contribution in [2.45, 2.75) is 69.0 Å². The normalized spacial score (nSPS) is 33.8. The zero-order valence-electron chi connectivity index (χ0n) is 20.9. The molecule has 0 aromatic carbocycles. The summed E-state index contributed by atoms with van der Waals surface area (Å²) < 4.78 is -0.804. The molecule has 0 aliphatic carbocycles. The van der Waals surface area contributed by atoms with E-state index in [1.807, 2.05) is 35.8 Å². The van der Waals surface area contributed by atoms with Crippen LogP contribution >= 0.6 is 11.8 Å².